The van der Waals surface area contributed by atoms with Gasteiger partial charge in [0.2, 0.25) is 0 Å². The monoisotopic (exact) mass is 476 g/mol. The summed E-state index contributed by atoms with van der Waals surface area (Å²) in [6.45, 7) is 3.89. The third-order valence-corrected chi connectivity index (χ3v) is 6.25. The van der Waals surface area contributed by atoms with Crippen LogP contribution in [-0.2, 0) is 4.79 Å². The van der Waals surface area contributed by atoms with Gasteiger partial charge in [0.15, 0.2) is 16.2 Å². The molecule has 1 heterocycles. The second-order valence-electron chi connectivity index (χ2n) is 7.28. The summed E-state index contributed by atoms with van der Waals surface area (Å²) in [5.41, 5.74) is 1.89. The Kier molecular flexibility index (Phi) is 8.31. The van der Waals surface area contributed by atoms with Crippen LogP contribution in [0.25, 0.3) is 0 Å². The predicted octanol–water partition coefficient (Wildman–Crippen LogP) is 3.48. The van der Waals surface area contributed by atoms with E-state index in [2.05, 4.69) is 4.99 Å². The molecule has 9 heteroatoms. The lowest BCUT2D eigenvalue weighted by Crippen LogP contribution is -2.35. The Labute approximate surface area is 196 Å². The number of anilines is 1. The van der Waals surface area contributed by atoms with Crippen LogP contribution in [0.1, 0.15) is 29.3 Å². The van der Waals surface area contributed by atoms with Crippen molar-refractivity contribution in [3.8, 4) is 5.75 Å². The summed E-state index contributed by atoms with van der Waals surface area (Å²) in [5.74, 6) is -0.441. The van der Waals surface area contributed by atoms with Crippen LogP contribution in [0.5, 0.6) is 5.75 Å². The molecule has 1 saturated heterocycles. The minimum absolute atomic E-state index is 0.136. The lowest BCUT2D eigenvalue weighted by atomic mass is 10.1. The van der Waals surface area contributed by atoms with Crippen LogP contribution >= 0.6 is 23.4 Å². The number of hydrogen-bond donors (Lipinski definition) is 2. The highest BCUT2D eigenvalue weighted by Gasteiger charge is 2.44. The first-order valence-corrected chi connectivity index (χ1v) is 11.5. The molecule has 170 valence electrons. The highest BCUT2D eigenvalue weighted by molar-refractivity contribution is 8.16. The first-order valence-electron chi connectivity index (χ1n) is 10.2. The summed E-state index contributed by atoms with van der Waals surface area (Å²) in [4.78, 5) is 32.6. The van der Waals surface area contributed by atoms with Crippen molar-refractivity contribution in [2.45, 2.75) is 31.6 Å². The number of Topliss-reactive ketones (excluding diaryl/α,β-unsaturated/α-hetero) is 1. The van der Waals surface area contributed by atoms with Gasteiger partial charge in [0.25, 0.3) is 5.91 Å². The van der Waals surface area contributed by atoms with Crippen LogP contribution in [0.15, 0.2) is 47.5 Å². The number of hydrogen-bond acceptors (Lipinski definition) is 7. The number of benzene rings is 2. The quantitative estimate of drug-likeness (QED) is 0.424. The van der Waals surface area contributed by atoms with Gasteiger partial charge in [-0.3, -0.25) is 19.5 Å². The van der Waals surface area contributed by atoms with Crippen LogP contribution in [0.4, 0.5) is 5.69 Å². The number of aliphatic hydroxyl groups is 2. The van der Waals surface area contributed by atoms with E-state index in [-0.39, 0.29) is 34.6 Å². The molecule has 32 heavy (non-hydrogen) atoms. The van der Waals surface area contributed by atoms with Crippen molar-refractivity contribution < 1.29 is 24.5 Å². The fourth-order valence-corrected chi connectivity index (χ4v) is 4.45. The summed E-state index contributed by atoms with van der Waals surface area (Å²) in [6.07, 6.45) is -0.214. The van der Waals surface area contributed by atoms with E-state index in [1.807, 2.05) is 38.1 Å². The number of halogens is 1. The number of rotatable bonds is 9. The molecule has 1 fully saturated rings. The number of aliphatic imine (C=N–C) groups is 1. The lowest BCUT2D eigenvalue weighted by Gasteiger charge is -2.18. The maximum absolute atomic E-state index is 13.3. The van der Waals surface area contributed by atoms with Crippen LogP contribution in [-0.4, -0.2) is 58.2 Å². The zero-order chi connectivity index (χ0) is 23.3. The van der Waals surface area contributed by atoms with E-state index in [0.717, 1.165) is 23.7 Å². The molecule has 2 aromatic rings. The van der Waals surface area contributed by atoms with Gasteiger partial charge in [0.1, 0.15) is 18.5 Å². The van der Waals surface area contributed by atoms with E-state index >= 15 is 0 Å². The average molecular weight is 477 g/mol. The van der Waals surface area contributed by atoms with E-state index in [9.17, 15) is 14.7 Å². The molecule has 2 aromatic carbocycles. The van der Waals surface area contributed by atoms with E-state index in [1.54, 1.807) is 0 Å². The van der Waals surface area contributed by atoms with Crippen molar-refractivity contribution in [3.05, 3.63) is 58.6 Å². The van der Waals surface area contributed by atoms with E-state index in [4.69, 9.17) is 21.4 Å². The molecule has 0 radical (unpaired) electrons. The fraction of sp³-hybridized carbons (Fsp3) is 0.348. The summed E-state index contributed by atoms with van der Waals surface area (Å²) >= 11 is 7.38. The smallest absolute Gasteiger partial charge is 0.254 e. The molecule has 2 N–H and O–H groups in total. The maximum Gasteiger partial charge on any atom is 0.254 e. The molecule has 2 atom stereocenters. The van der Waals surface area contributed by atoms with E-state index < -0.39 is 18.0 Å². The zero-order valence-electron chi connectivity index (χ0n) is 17.8. The van der Waals surface area contributed by atoms with E-state index in [0.29, 0.717) is 17.4 Å². The molecule has 1 aliphatic rings. The first-order chi connectivity index (χ1) is 15.4. The number of nitrogens with zero attached hydrogens (tertiary/aromatic N) is 2. The summed E-state index contributed by atoms with van der Waals surface area (Å²) in [5, 5.41) is 18.0. The van der Waals surface area contributed by atoms with Crippen molar-refractivity contribution >= 4 is 45.9 Å². The molecule has 2 unspecified atom stereocenters. The molecule has 1 amide bonds. The number of amides is 1. The van der Waals surface area contributed by atoms with Gasteiger partial charge in [0.05, 0.1) is 17.3 Å². The third kappa shape index (κ3) is 5.32. The summed E-state index contributed by atoms with van der Waals surface area (Å²) < 4.78 is 5.37. The summed E-state index contributed by atoms with van der Waals surface area (Å²) in [6, 6.07) is 12.0. The normalized spacial score (nSPS) is 18.3. The Morgan fingerprint density at radius 1 is 1.31 bits per heavy atom. The van der Waals surface area contributed by atoms with Crippen LogP contribution in [0.2, 0.25) is 5.02 Å². The molecule has 0 aliphatic carbocycles. The number of amidine groups is 1. The second-order valence-corrected chi connectivity index (χ2v) is 8.76. The maximum atomic E-state index is 13.3. The SMILES string of the molecule is CCC/N=C1/SC(C(=O)c2ccc(OCC(O)CO)c(Cl)c2)C(=O)N1c1ccccc1C. The number of aliphatic hydroxyl groups excluding tert-OH is 2. The molecule has 0 aromatic heterocycles. The Morgan fingerprint density at radius 2 is 2.06 bits per heavy atom. The van der Waals surface area contributed by atoms with Crippen LogP contribution < -0.4 is 9.64 Å². The van der Waals surface area contributed by atoms with Gasteiger partial charge >= 0.3 is 0 Å². The molecular weight excluding hydrogens is 452 g/mol. The number of aryl methyl sites for hydroxylation is 1. The van der Waals surface area contributed by atoms with Gasteiger partial charge in [-0.05, 0) is 43.2 Å². The second kappa shape index (κ2) is 11.0. The Bertz CT molecular complexity index is 1030. The topological polar surface area (TPSA) is 99.4 Å². The van der Waals surface area contributed by atoms with Crippen molar-refractivity contribution in [1.82, 2.24) is 0 Å². The van der Waals surface area contributed by atoms with Gasteiger partial charge < -0.3 is 14.9 Å². The van der Waals surface area contributed by atoms with Crippen LogP contribution in [0.3, 0.4) is 0 Å². The Hall–Kier alpha value is -2.39. The zero-order valence-corrected chi connectivity index (χ0v) is 19.4. The first kappa shape index (κ1) is 24.3. The number of thioether (sulfide) groups is 1. The Morgan fingerprint density at radius 3 is 2.72 bits per heavy atom. The highest BCUT2D eigenvalue weighted by atomic mass is 35.5. The molecule has 0 bridgehead atoms. The fourth-order valence-electron chi connectivity index (χ4n) is 3.10. The van der Waals surface area contributed by atoms with Crippen LogP contribution in [0, 0.1) is 6.92 Å². The lowest BCUT2D eigenvalue weighted by molar-refractivity contribution is -0.116. The summed E-state index contributed by atoms with van der Waals surface area (Å²) in [7, 11) is 0. The van der Waals surface area contributed by atoms with Gasteiger partial charge in [0, 0.05) is 12.1 Å². The van der Waals surface area contributed by atoms with Gasteiger partial charge in [-0.2, -0.15) is 0 Å². The molecule has 1 aliphatic heterocycles. The molecule has 0 saturated carbocycles. The molecule has 3 rings (SSSR count). The Balaban J connectivity index is 1.86. The number of carbonyl (C=O) groups is 2. The number of carbonyl (C=O) groups excluding carboxylic acids is 2. The van der Waals surface area contributed by atoms with Gasteiger partial charge in [-0.1, -0.05) is 48.5 Å². The minimum Gasteiger partial charge on any atom is -0.489 e. The van der Waals surface area contributed by atoms with Gasteiger partial charge in [-0.25, -0.2) is 0 Å². The van der Waals surface area contributed by atoms with Crippen molar-refractivity contribution in [2.24, 2.45) is 4.99 Å². The van der Waals surface area contributed by atoms with Gasteiger partial charge in [-0.15, -0.1) is 0 Å². The molecular formula is C23H25ClN2O5S. The predicted molar refractivity (Wildman–Crippen MR) is 127 cm³/mol. The average Bonchev–Trinajstić information content (AvgIpc) is 3.12. The largest absolute Gasteiger partial charge is 0.489 e. The number of para-hydroxylation sites is 1. The van der Waals surface area contributed by atoms with E-state index in [1.165, 1.54) is 23.1 Å². The number of ketones is 1. The standard InChI is InChI=1S/C23H25ClN2O5S/c1-3-10-25-23-26(18-7-5-4-6-14(18)2)22(30)21(32-23)20(29)15-8-9-19(17(24)11-15)31-13-16(28)12-27/h4-9,11,16,21,27-28H,3,10,12-13H2,1-2H3/b25-23+. The minimum atomic E-state index is -1.03. The molecule has 0 spiro atoms. The highest BCUT2D eigenvalue weighted by Crippen LogP contribution is 2.36. The molecule has 7 nitrogen and oxygen atoms in total. The van der Waals surface area contributed by atoms with Crippen molar-refractivity contribution in [1.29, 1.82) is 0 Å². The number of ether oxygens (including phenoxy) is 1. The van der Waals surface area contributed by atoms with Crippen molar-refractivity contribution in [2.75, 3.05) is 24.7 Å². The van der Waals surface area contributed by atoms with Crippen molar-refractivity contribution in [3.63, 3.8) is 0 Å². The third-order valence-electron chi connectivity index (χ3n) is 4.78.